The first-order valence-corrected chi connectivity index (χ1v) is 9.33. The highest BCUT2D eigenvalue weighted by atomic mass is 32.1. The average molecular weight is 359 g/mol. The molecule has 0 saturated carbocycles. The Kier molecular flexibility index (Phi) is 5.75. The number of nitrogens with one attached hydrogen (secondary N) is 1. The Labute approximate surface area is 153 Å². The molecule has 1 fully saturated rings. The van der Waals surface area contributed by atoms with Gasteiger partial charge in [-0.1, -0.05) is 0 Å². The van der Waals surface area contributed by atoms with Gasteiger partial charge in [0.1, 0.15) is 5.75 Å². The van der Waals surface area contributed by atoms with E-state index in [0.29, 0.717) is 0 Å². The average Bonchev–Trinajstić information content (AvgIpc) is 3.08. The molecule has 0 aliphatic carbocycles. The lowest BCUT2D eigenvalue weighted by molar-refractivity contribution is 0.372. The van der Waals surface area contributed by atoms with Crippen LogP contribution in [0.1, 0.15) is 10.6 Å². The van der Waals surface area contributed by atoms with Gasteiger partial charge in [0.2, 0.25) is 0 Å². The summed E-state index contributed by atoms with van der Waals surface area (Å²) in [7, 11) is 3.54. The molecular weight excluding hydrogens is 334 g/mol. The third kappa shape index (κ3) is 4.22. The fourth-order valence-electron chi connectivity index (χ4n) is 2.96. The Morgan fingerprint density at radius 3 is 2.52 bits per heavy atom. The number of nitrogens with zero attached hydrogens (tertiary/aromatic N) is 4. The van der Waals surface area contributed by atoms with E-state index in [2.05, 4.69) is 37.2 Å². The fraction of sp³-hybridized carbons (Fsp3) is 0.444. The van der Waals surface area contributed by atoms with Crippen molar-refractivity contribution < 1.29 is 4.74 Å². The molecule has 0 radical (unpaired) electrons. The van der Waals surface area contributed by atoms with Crippen LogP contribution in [0.5, 0.6) is 5.75 Å². The van der Waals surface area contributed by atoms with E-state index in [4.69, 9.17) is 4.74 Å². The van der Waals surface area contributed by atoms with E-state index >= 15 is 0 Å². The second-order valence-corrected chi connectivity index (χ2v) is 6.87. The lowest BCUT2D eigenvalue weighted by Crippen LogP contribution is -2.52. The molecule has 2 aromatic rings. The zero-order valence-corrected chi connectivity index (χ0v) is 15.8. The van der Waals surface area contributed by atoms with Crippen molar-refractivity contribution in [1.82, 2.24) is 15.2 Å². The maximum Gasteiger partial charge on any atom is 0.194 e. The maximum absolute atomic E-state index is 5.23. The molecule has 1 aliphatic heterocycles. The monoisotopic (exact) mass is 359 g/mol. The molecule has 0 spiro atoms. The van der Waals surface area contributed by atoms with E-state index in [9.17, 15) is 0 Å². The van der Waals surface area contributed by atoms with Gasteiger partial charge in [0.15, 0.2) is 5.96 Å². The molecule has 2 heterocycles. The van der Waals surface area contributed by atoms with Crippen molar-refractivity contribution in [3.8, 4) is 5.75 Å². The van der Waals surface area contributed by atoms with Crippen LogP contribution >= 0.6 is 11.3 Å². The van der Waals surface area contributed by atoms with Crippen LogP contribution in [-0.4, -0.2) is 56.2 Å². The minimum absolute atomic E-state index is 0.780. The number of guanidine groups is 1. The Morgan fingerprint density at radius 2 is 1.96 bits per heavy atom. The molecule has 1 aromatic carbocycles. The first kappa shape index (κ1) is 17.5. The Bertz CT molecular complexity index is 705. The van der Waals surface area contributed by atoms with Gasteiger partial charge in [-0.2, -0.15) is 0 Å². The van der Waals surface area contributed by atoms with Crippen LogP contribution in [0.25, 0.3) is 0 Å². The largest absolute Gasteiger partial charge is 0.497 e. The Hall–Kier alpha value is -2.28. The van der Waals surface area contributed by atoms with Crippen LogP contribution in [0.3, 0.4) is 0 Å². The Balaban J connectivity index is 1.54. The van der Waals surface area contributed by atoms with Crippen LogP contribution in [0.2, 0.25) is 0 Å². The molecule has 25 heavy (non-hydrogen) atoms. The van der Waals surface area contributed by atoms with Crippen LogP contribution in [0, 0.1) is 6.92 Å². The zero-order valence-electron chi connectivity index (χ0n) is 15.0. The molecule has 134 valence electrons. The van der Waals surface area contributed by atoms with Gasteiger partial charge in [0, 0.05) is 43.8 Å². The SMILES string of the molecule is CN=C(NCc1scnc1C)N1CCN(c2ccc(OC)cc2)CC1. The van der Waals surface area contributed by atoms with E-state index in [1.807, 2.05) is 31.6 Å². The van der Waals surface area contributed by atoms with Crippen molar-refractivity contribution in [2.75, 3.05) is 45.2 Å². The van der Waals surface area contributed by atoms with E-state index in [1.54, 1.807) is 18.4 Å². The van der Waals surface area contributed by atoms with Crippen molar-refractivity contribution in [3.63, 3.8) is 0 Å². The van der Waals surface area contributed by atoms with E-state index in [-0.39, 0.29) is 0 Å². The van der Waals surface area contributed by atoms with Gasteiger partial charge >= 0.3 is 0 Å². The highest BCUT2D eigenvalue weighted by molar-refractivity contribution is 7.09. The molecule has 1 N–H and O–H groups in total. The highest BCUT2D eigenvalue weighted by Gasteiger charge is 2.20. The van der Waals surface area contributed by atoms with Crippen LogP contribution < -0.4 is 15.0 Å². The molecule has 0 atom stereocenters. The quantitative estimate of drug-likeness (QED) is 0.671. The van der Waals surface area contributed by atoms with Gasteiger partial charge in [-0.05, 0) is 31.2 Å². The Morgan fingerprint density at radius 1 is 1.24 bits per heavy atom. The van der Waals surface area contributed by atoms with Crippen molar-refractivity contribution in [3.05, 3.63) is 40.3 Å². The smallest absolute Gasteiger partial charge is 0.194 e. The molecule has 1 aliphatic rings. The van der Waals surface area contributed by atoms with Gasteiger partial charge in [-0.3, -0.25) is 4.99 Å². The molecule has 0 bridgehead atoms. The number of methoxy groups -OCH3 is 1. The lowest BCUT2D eigenvalue weighted by atomic mass is 10.2. The minimum Gasteiger partial charge on any atom is -0.497 e. The van der Waals surface area contributed by atoms with E-state index in [0.717, 1.165) is 50.1 Å². The first-order chi connectivity index (χ1) is 12.2. The number of rotatable bonds is 4. The molecule has 1 aromatic heterocycles. The molecular formula is C18H25N5OS. The summed E-state index contributed by atoms with van der Waals surface area (Å²) in [6.07, 6.45) is 0. The third-order valence-corrected chi connectivity index (χ3v) is 5.42. The zero-order chi connectivity index (χ0) is 17.6. The number of benzene rings is 1. The number of ether oxygens (including phenoxy) is 1. The topological polar surface area (TPSA) is 53.0 Å². The third-order valence-electron chi connectivity index (χ3n) is 4.48. The molecule has 1 saturated heterocycles. The summed E-state index contributed by atoms with van der Waals surface area (Å²) in [6, 6.07) is 8.27. The molecule has 3 rings (SSSR count). The molecule has 0 amide bonds. The van der Waals surface area contributed by atoms with Gasteiger partial charge in [-0.15, -0.1) is 11.3 Å². The number of piperazine rings is 1. The van der Waals surface area contributed by atoms with Gasteiger partial charge in [-0.25, -0.2) is 4.98 Å². The maximum atomic E-state index is 5.23. The van der Waals surface area contributed by atoms with Gasteiger partial charge in [0.05, 0.1) is 24.9 Å². The second-order valence-electron chi connectivity index (χ2n) is 5.93. The summed E-state index contributed by atoms with van der Waals surface area (Å²) in [4.78, 5) is 14.7. The summed E-state index contributed by atoms with van der Waals surface area (Å²) in [6.45, 7) is 6.69. The van der Waals surface area contributed by atoms with Crippen molar-refractivity contribution in [1.29, 1.82) is 0 Å². The van der Waals surface area contributed by atoms with Crippen molar-refractivity contribution in [2.45, 2.75) is 13.5 Å². The second kappa shape index (κ2) is 8.20. The predicted octanol–water partition coefficient (Wildman–Crippen LogP) is 2.36. The van der Waals surface area contributed by atoms with Crippen molar-refractivity contribution in [2.24, 2.45) is 4.99 Å². The van der Waals surface area contributed by atoms with Gasteiger partial charge < -0.3 is 19.9 Å². The van der Waals surface area contributed by atoms with Crippen LogP contribution in [0.15, 0.2) is 34.8 Å². The summed E-state index contributed by atoms with van der Waals surface area (Å²) in [5.74, 6) is 1.85. The summed E-state index contributed by atoms with van der Waals surface area (Å²) >= 11 is 1.68. The summed E-state index contributed by atoms with van der Waals surface area (Å²) in [5.41, 5.74) is 4.23. The van der Waals surface area contributed by atoms with Crippen LogP contribution in [-0.2, 0) is 6.54 Å². The number of aryl methyl sites for hydroxylation is 1. The van der Waals surface area contributed by atoms with E-state index in [1.165, 1.54) is 10.6 Å². The standard InChI is InChI=1S/C18H25N5OS/c1-14-17(25-13-21-14)12-20-18(19-2)23-10-8-22(9-11-23)15-4-6-16(24-3)7-5-15/h4-7,13H,8-12H2,1-3H3,(H,19,20). The van der Waals surface area contributed by atoms with Crippen molar-refractivity contribution >= 4 is 23.0 Å². The lowest BCUT2D eigenvalue weighted by Gasteiger charge is -2.37. The summed E-state index contributed by atoms with van der Waals surface area (Å²) < 4.78 is 5.23. The summed E-state index contributed by atoms with van der Waals surface area (Å²) in [5, 5.41) is 3.46. The van der Waals surface area contributed by atoms with Gasteiger partial charge in [0.25, 0.3) is 0 Å². The molecule has 7 heteroatoms. The number of aliphatic imine (C=N–C) groups is 1. The number of aromatic nitrogens is 1. The molecule has 6 nitrogen and oxygen atoms in total. The number of hydrogen-bond acceptors (Lipinski definition) is 5. The highest BCUT2D eigenvalue weighted by Crippen LogP contribution is 2.20. The molecule has 0 unspecified atom stereocenters. The first-order valence-electron chi connectivity index (χ1n) is 8.45. The normalized spacial score (nSPS) is 15.4. The van der Waals surface area contributed by atoms with Crippen LogP contribution in [0.4, 0.5) is 5.69 Å². The fourth-order valence-corrected chi connectivity index (χ4v) is 3.67. The number of anilines is 1. The minimum atomic E-state index is 0.780. The number of hydrogen-bond donors (Lipinski definition) is 1. The predicted molar refractivity (Wildman–Crippen MR) is 104 cm³/mol. The number of thiazole rings is 1. The van der Waals surface area contributed by atoms with E-state index < -0.39 is 0 Å².